The van der Waals surface area contributed by atoms with Gasteiger partial charge in [0.25, 0.3) is 5.91 Å². The molecule has 1 aliphatic carbocycles. The number of amides is 3. The summed E-state index contributed by atoms with van der Waals surface area (Å²) in [6.07, 6.45) is 4.83. The maximum Gasteiger partial charge on any atom is 0.261 e. The van der Waals surface area contributed by atoms with E-state index in [1.54, 1.807) is 30.2 Å². The number of hydrogen-bond acceptors (Lipinski definition) is 5. The van der Waals surface area contributed by atoms with Crippen molar-refractivity contribution in [3.63, 3.8) is 0 Å². The summed E-state index contributed by atoms with van der Waals surface area (Å²) in [5, 5.41) is 7.70. The zero-order chi connectivity index (χ0) is 24.5. The van der Waals surface area contributed by atoms with Crippen LogP contribution in [0.5, 0.6) is 5.75 Å². The van der Waals surface area contributed by atoms with Gasteiger partial charge in [0, 0.05) is 12.6 Å². The number of carbonyl (C=O) groups is 3. The van der Waals surface area contributed by atoms with Gasteiger partial charge in [-0.3, -0.25) is 14.4 Å². The van der Waals surface area contributed by atoms with E-state index in [0.717, 1.165) is 32.1 Å². The molecule has 3 rings (SSSR count). The van der Waals surface area contributed by atoms with Gasteiger partial charge in [0.2, 0.25) is 11.8 Å². The van der Waals surface area contributed by atoms with Gasteiger partial charge >= 0.3 is 0 Å². The molecule has 0 spiro atoms. The van der Waals surface area contributed by atoms with E-state index in [-0.39, 0.29) is 30.3 Å². The van der Waals surface area contributed by atoms with Crippen molar-refractivity contribution in [2.24, 2.45) is 5.92 Å². The Hall–Kier alpha value is -2.87. The Kier molecular flexibility index (Phi) is 9.51. The molecule has 1 atom stereocenters. The standard InChI is InChI=1S/C26H35N3O4S/c1-18(2)13-14-29(23(30)17-27-25(31)22-12-7-15-34-22)24(19-8-6-11-21(16-19)33-3)26(32)28-20-9-4-5-10-20/h6-8,11-12,15-16,18,20,24H,4-5,9-10,13-14,17H2,1-3H3,(H,27,31)(H,28,32)/t24-/m0/s1. The van der Waals surface area contributed by atoms with Crippen molar-refractivity contribution in [3.8, 4) is 5.75 Å². The van der Waals surface area contributed by atoms with Crippen LogP contribution in [-0.2, 0) is 9.59 Å². The van der Waals surface area contributed by atoms with Gasteiger partial charge in [0.05, 0.1) is 18.5 Å². The Bertz CT molecular complexity index is 955. The van der Waals surface area contributed by atoms with Gasteiger partial charge in [-0.25, -0.2) is 0 Å². The van der Waals surface area contributed by atoms with E-state index >= 15 is 0 Å². The Labute approximate surface area is 205 Å². The Morgan fingerprint density at radius 2 is 1.91 bits per heavy atom. The zero-order valence-corrected chi connectivity index (χ0v) is 21.0. The van der Waals surface area contributed by atoms with Gasteiger partial charge in [-0.15, -0.1) is 11.3 Å². The van der Waals surface area contributed by atoms with Crippen LogP contribution in [0.1, 0.15) is 67.2 Å². The number of methoxy groups -OCH3 is 1. The zero-order valence-electron chi connectivity index (χ0n) is 20.2. The van der Waals surface area contributed by atoms with E-state index in [4.69, 9.17) is 4.74 Å². The fourth-order valence-electron chi connectivity index (χ4n) is 4.18. The van der Waals surface area contributed by atoms with Crippen LogP contribution < -0.4 is 15.4 Å². The lowest BCUT2D eigenvalue weighted by atomic mass is 10.0. The average Bonchev–Trinajstić information content (AvgIpc) is 3.54. The Balaban J connectivity index is 1.86. The monoisotopic (exact) mass is 485 g/mol. The number of hydrogen-bond donors (Lipinski definition) is 2. The molecular formula is C26H35N3O4S. The highest BCUT2D eigenvalue weighted by atomic mass is 32.1. The molecule has 184 valence electrons. The molecule has 0 unspecified atom stereocenters. The largest absolute Gasteiger partial charge is 0.497 e. The van der Waals surface area contributed by atoms with Gasteiger partial charge in [-0.05, 0) is 54.3 Å². The summed E-state index contributed by atoms with van der Waals surface area (Å²) in [5.74, 6) is 0.195. The maximum absolute atomic E-state index is 13.6. The summed E-state index contributed by atoms with van der Waals surface area (Å²) >= 11 is 1.32. The van der Waals surface area contributed by atoms with E-state index < -0.39 is 6.04 Å². The van der Waals surface area contributed by atoms with Crippen molar-refractivity contribution in [2.45, 2.75) is 58.0 Å². The third kappa shape index (κ3) is 7.06. The third-order valence-electron chi connectivity index (χ3n) is 6.08. The molecule has 0 radical (unpaired) electrons. The summed E-state index contributed by atoms with van der Waals surface area (Å²) in [7, 11) is 1.58. The normalized spacial score (nSPS) is 14.6. The first kappa shape index (κ1) is 25.7. The summed E-state index contributed by atoms with van der Waals surface area (Å²) in [6.45, 7) is 4.40. The lowest BCUT2D eigenvalue weighted by Crippen LogP contribution is -2.49. The number of thiophene rings is 1. The molecule has 34 heavy (non-hydrogen) atoms. The summed E-state index contributed by atoms with van der Waals surface area (Å²) < 4.78 is 5.39. The number of carbonyl (C=O) groups excluding carboxylic acids is 3. The van der Waals surface area contributed by atoms with Crippen molar-refractivity contribution in [1.29, 1.82) is 0 Å². The average molecular weight is 486 g/mol. The van der Waals surface area contributed by atoms with Crippen LogP contribution in [0.15, 0.2) is 41.8 Å². The minimum Gasteiger partial charge on any atom is -0.497 e. The topological polar surface area (TPSA) is 87.7 Å². The Morgan fingerprint density at radius 1 is 1.15 bits per heavy atom. The fraction of sp³-hybridized carbons (Fsp3) is 0.500. The molecule has 1 aliphatic rings. The van der Waals surface area contributed by atoms with Crippen molar-refractivity contribution in [1.82, 2.24) is 15.5 Å². The maximum atomic E-state index is 13.6. The number of rotatable bonds is 11. The molecule has 8 heteroatoms. The quantitative estimate of drug-likeness (QED) is 0.500. The van der Waals surface area contributed by atoms with Crippen LogP contribution >= 0.6 is 11.3 Å². The van der Waals surface area contributed by atoms with E-state index in [1.807, 2.05) is 23.6 Å². The van der Waals surface area contributed by atoms with Crippen LogP contribution in [0, 0.1) is 5.92 Å². The second-order valence-electron chi connectivity index (χ2n) is 9.10. The third-order valence-corrected chi connectivity index (χ3v) is 6.95. The minimum absolute atomic E-state index is 0.126. The van der Waals surface area contributed by atoms with Crippen molar-refractivity contribution < 1.29 is 19.1 Å². The molecular weight excluding hydrogens is 450 g/mol. The molecule has 1 saturated carbocycles. The molecule has 0 bridgehead atoms. The van der Waals surface area contributed by atoms with E-state index in [2.05, 4.69) is 24.5 Å². The second-order valence-corrected chi connectivity index (χ2v) is 10.0. The number of benzene rings is 1. The summed E-state index contributed by atoms with van der Waals surface area (Å²) in [5.41, 5.74) is 0.691. The Morgan fingerprint density at radius 3 is 2.56 bits per heavy atom. The van der Waals surface area contributed by atoms with Gasteiger partial charge in [0.15, 0.2) is 0 Å². The predicted octanol–water partition coefficient (Wildman–Crippen LogP) is 4.16. The van der Waals surface area contributed by atoms with Crippen molar-refractivity contribution in [2.75, 3.05) is 20.2 Å². The minimum atomic E-state index is -0.805. The molecule has 2 aromatic rings. The number of nitrogens with one attached hydrogen (secondary N) is 2. The first-order valence-electron chi connectivity index (χ1n) is 11.9. The highest BCUT2D eigenvalue weighted by Gasteiger charge is 2.33. The van der Waals surface area contributed by atoms with E-state index in [9.17, 15) is 14.4 Å². The molecule has 1 aromatic carbocycles. The van der Waals surface area contributed by atoms with Crippen LogP contribution in [0.25, 0.3) is 0 Å². The molecule has 1 aromatic heterocycles. The molecule has 2 N–H and O–H groups in total. The van der Waals surface area contributed by atoms with Crippen molar-refractivity contribution >= 4 is 29.1 Å². The molecule has 7 nitrogen and oxygen atoms in total. The highest BCUT2D eigenvalue weighted by molar-refractivity contribution is 7.12. The number of nitrogens with zero attached hydrogens (tertiary/aromatic N) is 1. The highest BCUT2D eigenvalue weighted by Crippen LogP contribution is 2.27. The predicted molar refractivity (Wildman–Crippen MR) is 134 cm³/mol. The first-order chi connectivity index (χ1) is 16.4. The molecule has 0 aliphatic heterocycles. The second kappa shape index (κ2) is 12.6. The molecule has 0 saturated heterocycles. The molecule has 1 fully saturated rings. The summed E-state index contributed by atoms with van der Waals surface area (Å²) in [4.78, 5) is 41.6. The van der Waals surface area contributed by atoms with Crippen LogP contribution in [0.3, 0.4) is 0 Å². The van der Waals surface area contributed by atoms with E-state index in [0.29, 0.717) is 28.7 Å². The number of ether oxygens (including phenoxy) is 1. The van der Waals surface area contributed by atoms with Gasteiger partial charge in [-0.1, -0.05) is 44.9 Å². The molecule has 3 amide bonds. The lowest BCUT2D eigenvalue weighted by molar-refractivity contribution is -0.140. The van der Waals surface area contributed by atoms with Gasteiger partial charge in [-0.2, -0.15) is 0 Å². The van der Waals surface area contributed by atoms with Gasteiger partial charge in [0.1, 0.15) is 11.8 Å². The van der Waals surface area contributed by atoms with Crippen molar-refractivity contribution in [3.05, 3.63) is 52.2 Å². The van der Waals surface area contributed by atoms with Crippen LogP contribution in [0.4, 0.5) is 0 Å². The van der Waals surface area contributed by atoms with Gasteiger partial charge < -0.3 is 20.3 Å². The smallest absolute Gasteiger partial charge is 0.261 e. The SMILES string of the molecule is COc1cccc([C@@H](C(=O)NC2CCCC2)N(CCC(C)C)C(=O)CNC(=O)c2cccs2)c1. The first-order valence-corrected chi connectivity index (χ1v) is 12.8. The van der Waals surface area contributed by atoms with E-state index in [1.165, 1.54) is 11.3 Å². The van der Waals surface area contributed by atoms with Crippen LogP contribution in [0.2, 0.25) is 0 Å². The van der Waals surface area contributed by atoms with Crippen LogP contribution in [-0.4, -0.2) is 48.9 Å². The fourth-order valence-corrected chi connectivity index (χ4v) is 4.82. The lowest BCUT2D eigenvalue weighted by Gasteiger charge is -2.33. The molecule has 1 heterocycles. The summed E-state index contributed by atoms with van der Waals surface area (Å²) in [6, 6.07) is 10.1.